The van der Waals surface area contributed by atoms with Gasteiger partial charge in [0.05, 0.1) is 13.0 Å². The van der Waals surface area contributed by atoms with Gasteiger partial charge in [-0.3, -0.25) is 4.79 Å². The lowest BCUT2D eigenvalue weighted by molar-refractivity contribution is -0.133. The van der Waals surface area contributed by atoms with Crippen molar-refractivity contribution in [2.45, 2.75) is 49.4 Å². The van der Waals surface area contributed by atoms with E-state index in [1.165, 1.54) is 11.2 Å². The zero-order chi connectivity index (χ0) is 18.4. The van der Waals surface area contributed by atoms with Gasteiger partial charge in [-0.05, 0) is 30.5 Å². The number of ether oxygens (including phenoxy) is 1. The largest absolute Gasteiger partial charge is 0.472 e. The van der Waals surface area contributed by atoms with Crippen LogP contribution in [0, 0.1) is 0 Å². The lowest BCUT2D eigenvalue weighted by Crippen LogP contribution is -2.45. The molecule has 1 atom stereocenters. The molecule has 0 aliphatic carbocycles. The maximum Gasteiger partial charge on any atom is 0.227 e. The Morgan fingerprint density at radius 2 is 2.12 bits per heavy atom. The molecule has 1 aromatic carbocycles. The average molecular weight is 372 g/mol. The molecular formula is C20H25N3O2S. The molecule has 5 nitrogen and oxygen atoms in total. The monoisotopic (exact) mass is 371 g/mol. The fraction of sp³-hybridized carbons (Fsp3) is 0.450. The lowest BCUT2D eigenvalue weighted by atomic mass is 10.1. The molecule has 1 saturated heterocycles. The Labute approximate surface area is 159 Å². The number of thioether (sulfide) groups is 1. The van der Waals surface area contributed by atoms with Gasteiger partial charge in [0.15, 0.2) is 0 Å². The number of rotatable bonds is 6. The van der Waals surface area contributed by atoms with Crippen molar-refractivity contribution >= 4 is 17.7 Å². The van der Waals surface area contributed by atoms with Gasteiger partial charge in [-0.1, -0.05) is 26.0 Å². The second kappa shape index (κ2) is 9.03. The fourth-order valence-electron chi connectivity index (χ4n) is 3.02. The molecule has 26 heavy (non-hydrogen) atoms. The number of carbonyl (C=O) groups excluding carboxylic acids is 1. The Balaban J connectivity index is 1.54. The maximum atomic E-state index is 12.7. The van der Waals surface area contributed by atoms with E-state index in [2.05, 4.69) is 48.1 Å². The molecule has 1 aliphatic heterocycles. The van der Waals surface area contributed by atoms with E-state index in [1.54, 1.807) is 12.3 Å². The number of piperidine rings is 1. The van der Waals surface area contributed by atoms with Crippen molar-refractivity contribution in [2.24, 2.45) is 0 Å². The molecule has 3 rings (SSSR count). The summed E-state index contributed by atoms with van der Waals surface area (Å²) in [6.07, 6.45) is 5.46. The van der Waals surface area contributed by atoms with Crippen molar-refractivity contribution in [3.63, 3.8) is 0 Å². The Morgan fingerprint density at radius 3 is 2.81 bits per heavy atom. The van der Waals surface area contributed by atoms with Crippen molar-refractivity contribution in [3.8, 4) is 5.88 Å². The minimum atomic E-state index is -0.00702. The molecule has 0 radical (unpaired) electrons. The van der Waals surface area contributed by atoms with Crippen LogP contribution in [0.25, 0.3) is 0 Å². The predicted molar refractivity (Wildman–Crippen MR) is 103 cm³/mol. The number of hydrogen-bond acceptors (Lipinski definition) is 5. The molecule has 2 aromatic rings. The number of carbonyl (C=O) groups is 1. The van der Waals surface area contributed by atoms with Gasteiger partial charge in [-0.25, -0.2) is 9.97 Å². The summed E-state index contributed by atoms with van der Waals surface area (Å²) < 4.78 is 5.89. The Bertz CT molecular complexity index is 707. The number of nitrogens with zero attached hydrogens (tertiary/aromatic N) is 3. The molecule has 1 aromatic heterocycles. The summed E-state index contributed by atoms with van der Waals surface area (Å²) >= 11 is 1.83. The van der Waals surface area contributed by atoms with Crippen LogP contribution in [-0.4, -0.2) is 45.2 Å². The molecule has 0 N–H and O–H groups in total. The van der Waals surface area contributed by atoms with E-state index in [-0.39, 0.29) is 12.0 Å². The van der Waals surface area contributed by atoms with Gasteiger partial charge in [0.2, 0.25) is 11.8 Å². The number of likely N-dealkylation sites (tertiary alicyclic amines) is 1. The molecule has 0 bridgehead atoms. The van der Waals surface area contributed by atoms with Crippen LogP contribution in [0.15, 0.2) is 47.8 Å². The van der Waals surface area contributed by atoms with E-state index >= 15 is 0 Å². The SMILES string of the molecule is CC(C)Sc1ccc(CC(=O)N2CCC[C@H](Oc3ccncn3)C2)cc1. The second-order valence-electron chi connectivity index (χ2n) is 6.76. The van der Waals surface area contributed by atoms with Crippen LogP contribution in [0.3, 0.4) is 0 Å². The van der Waals surface area contributed by atoms with Gasteiger partial charge in [-0.2, -0.15) is 0 Å². The zero-order valence-electron chi connectivity index (χ0n) is 15.3. The summed E-state index contributed by atoms with van der Waals surface area (Å²) in [5.74, 6) is 0.725. The van der Waals surface area contributed by atoms with Gasteiger partial charge in [-0.15, -0.1) is 11.8 Å². The first-order valence-electron chi connectivity index (χ1n) is 9.06. The van der Waals surface area contributed by atoms with Gasteiger partial charge < -0.3 is 9.64 Å². The summed E-state index contributed by atoms with van der Waals surface area (Å²) in [6, 6.07) is 10.1. The Hall–Kier alpha value is -2.08. The molecule has 0 saturated carbocycles. The van der Waals surface area contributed by atoms with Gasteiger partial charge >= 0.3 is 0 Å². The molecule has 1 aliphatic rings. The molecule has 138 valence electrons. The first kappa shape index (κ1) is 18.7. The van der Waals surface area contributed by atoms with Crippen LogP contribution < -0.4 is 4.74 Å². The third-order valence-electron chi connectivity index (χ3n) is 4.22. The van der Waals surface area contributed by atoms with Gasteiger partial charge in [0.25, 0.3) is 0 Å². The van der Waals surface area contributed by atoms with E-state index in [0.717, 1.165) is 24.9 Å². The highest BCUT2D eigenvalue weighted by atomic mass is 32.2. The maximum absolute atomic E-state index is 12.7. The summed E-state index contributed by atoms with van der Waals surface area (Å²) in [5, 5.41) is 0.558. The standard InChI is InChI=1S/C20H25N3O2S/c1-15(2)26-18-7-5-16(6-8-18)12-20(24)23-11-3-4-17(13-23)25-19-9-10-21-14-22-19/h5-10,14-15,17H,3-4,11-13H2,1-2H3/t17-/m0/s1. The third-order valence-corrected chi connectivity index (χ3v) is 5.24. The first-order valence-corrected chi connectivity index (χ1v) is 9.94. The van der Waals surface area contributed by atoms with Crippen LogP contribution in [-0.2, 0) is 11.2 Å². The van der Waals surface area contributed by atoms with Crippen LogP contribution in [0.2, 0.25) is 0 Å². The average Bonchev–Trinajstić information content (AvgIpc) is 2.64. The van der Waals surface area contributed by atoms with Crippen molar-refractivity contribution in [1.29, 1.82) is 0 Å². The van der Waals surface area contributed by atoms with Crippen molar-refractivity contribution in [3.05, 3.63) is 48.4 Å². The van der Waals surface area contributed by atoms with Crippen LogP contribution >= 0.6 is 11.8 Å². The van der Waals surface area contributed by atoms with Crippen molar-refractivity contribution in [1.82, 2.24) is 14.9 Å². The smallest absolute Gasteiger partial charge is 0.227 e. The highest BCUT2D eigenvalue weighted by Gasteiger charge is 2.25. The van der Waals surface area contributed by atoms with E-state index in [1.807, 2.05) is 16.7 Å². The Morgan fingerprint density at radius 1 is 1.31 bits per heavy atom. The molecule has 6 heteroatoms. The summed E-state index contributed by atoms with van der Waals surface area (Å²) in [4.78, 5) is 23.8. The first-order chi connectivity index (χ1) is 12.6. The van der Waals surface area contributed by atoms with Crippen LogP contribution in [0.4, 0.5) is 0 Å². The number of aromatic nitrogens is 2. The summed E-state index contributed by atoms with van der Waals surface area (Å²) in [7, 11) is 0. The van der Waals surface area contributed by atoms with Crippen LogP contribution in [0.5, 0.6) is 5.88 Å². The highest BCUT2D eigenvalue weighted by Crippen LogP contribution is 2.23. The van der Waals surface area contributed by atoms with E-state index < -0.39 is 0 Å². The summed E-state index contributed by atoms with van der Waals surface area (Å²) in [6.45, 7) is 5.77. The number of amides is 1. The van der Waals surface area contributed by atoms with Crippen LogP contribution in [0.1, 0.15) is 32.3 Å². The molecular weight excluding hydrogens is 346 g/mol. The quantitative estimate of drug-likeness (QED) is 0.727. The summed E-state index contributed by atoms with van der Waals surface area (Å²) in [5.41, 5.74) is 1.06. The topological polar surface area (TPSA) is 55.3 Å². The van der Waals surface area contributed by atoms with Crippen molar-refractivity contribution in [2.75, 3.05) is 13.1 Å². The second-order valence-corrected chi connectivity index (χ2v) is 8.41. The van der Waals surface area contributed by atoms with E-state index in [0.29, 0.717) is 24.1 Å². The zero-order valence-corrected chi connectivity index (χ0v) is 16.1. The van der Waals surface area contributed by atoms with Gasteiger partial charge in [0.1, 0.15) is 12.4 Å². The molecule has 0 spiro atoms. The van der Waals surface area contributed by atoms with Gasteiger partial charge in [0, 0.05) is 29.0 Å². The highest BCUT2D eigenvalue weighted by molar-refractivity contribution is 7.99. The van der Waals surface area contributed by atoms with E-state index in [9.17, 15) is 4.79 Å². The molecule has 1 fully saturated rings. The van der Waals surface area contributed by atoms with E-state index in [4.69, 9.17) is 4.74 Å². The van der Waals surface area contributed by atoms with Crippen molar-refractivity contribution < 1.29 is 9.53 Å². The predicted octanol–water partition coefficient (Wildman–Crippen LogP) is 3.59. The molecule has 1 amide bonds. The minimum absolute atomic E-state index is 0.00702. The Kier molecular flexibility index (Phi) is 6.50. The lowest BCUT2D eigenvalue weighted by Gasteiger charge is -2.32. The number of benzene rings is 1. The molecule has 2 heterocycles. The third kappa shape index (κ3) is 5.46. The fourth-order valence-corrected chi connectivity index (χ4v) is 3.86. The minimum Gasteiger partial charge on any atom is -0.472 e. The number of hydrogen-bond donors (Lipinski definition) is 0. The normalized spacial score (nSPS) is 17.3. The molecule has 0 unspecified atom stereocenters.